The van der Waals surface area contributed by atoms with Gasteiger partial charge in [-0.15, -0.1) is 11.3 Å². The molecule has 0 atom stereocenters. The minimum Gasteiger partial charge on any atom is -0.492 e. The molecule has 0 unspecified atom stereocenters. The van der Waals surface area contributed by atoms with Crippen LogP contribution in [0.25, 0.3) is 0 Å². The van der Waals surface area contributed by atoms with Crippen LogP contribution in [0.1, 0.15) is 29.1 Å². The number of hydrogen-bond acceptors (Lipinski definition) is 4. The van der Waals surface area contributed by atoms with Gasteiger partial charge in [0.25, 0.3) is 5.91 Å². The molecule has 0 aliphatic carbocycles. The lowest BCUT2D eigenvalue weighted by atomic mass is 10.2. The van der Waals surface area contributed by atoms with Crippen LogP contribution in [0.5, 0.6) is 5.75 Å². The zero-order valence-corrected chi connectivity index (χ0v) is 14.8. The number of aryl methyl sites for hydroxylation is 1. The third-order valence-corrected chi connectivity index (χ3v) is 4.45. The monoisotopic (exact) mass is 332 g/mol. The zero-order valence-electron chi connectivity index (χ0n) is 14.0. The van der Waals surface area contributed by atoms with Crippen molar-refractivity contribution in [2.75, 3.05) is 31.1 Å². The summed E-state index contributed by atoms with van der Waals surface area (Å²) < 4.78 is 5.47. The van der Waals surface area contributed by atoms with Crippen molar-refractivity contribution in [3.05, 3.63) is 46.2 Å². The van der Waals surface area contributed by atoms with Crippen LogP contribution in [0, 0.1) is 6.92 Å². The first-order valence-electron chi connectivity index (χ1n) is 7.95. The fourth-order valence-electron chi connectivity index (χ4n) is 2.41. The largest absolute Gasteiger partial charge is 0.492 e. The van der Waals surface area contributed by atoms with Gasteiger partial charge in [0.15, 0.2) is 0 Å². The second kappa shape index (κ2) is 8.58. The van der Waals surface area contributed by atoms with Gasteiger partial charge in [0, 0.05) is 25.3 Å². The molecule has 1 aromatic heterocycles. The quantitative estimate of drug-likeness (QED) is 0.801. The molecule has 0 aliphatic heterocycles. The Morgan fingerprint density at radius 1 is 1.30 bits per heavy atom. The van der Waals surface area contributed by atoms with Gasteiger partial charge in [-0.3, -0.25) is 4.79 Å². The third-order valence-electron chi connectivity index (χ3n) is 3.55. The molecule has 0 aliphatic rings. The number of amides is 1. The van der Waals surface area contributed by atoms with Crippen molar-refractivity contribution in [3.8, 4) is 5.75 Å². The molecule has 0 saturated heterocycles. The van der Waals surface area contributed by atoms with E-state index in [1.54, 1.807) is 0 Å². The average Bonchev–Trinajstić information content (AvgIpc) is 3.00. The number of nitrogens with one attached hydrogen (secondary N) is 1. The SMILES string of the molecule is CCOc1ccsc1C(=O)NCCN(CC)c1cccc(C)c1. The van der Waals surface area contributed by atoms with Crippen LogP contribution in [-0.4, -0.2) is 32.1 Å². The Bertz CT molecular complexity index is 639. The van der Waals surface area contributed by atoms with E-state index < -0.39 is 0 Å². The average molecular weight is 332 g/mol. The van der Waals surface area contributed by atoms with Gasteiger partial charge < -0.3 is 15.0 Å². The zero-order chi connectivity index (χ0) is 16.7. The highest BCUT2D eigenvalue weighted by Gasteiger charge is 2.14. The van der Waals surface area contributed by atoms with Crippen molar-refractivity contribution in [2.45, 2.75) is 20.8 Å². The molecule has 0 spiro atoms. The molecule has 4 nitrogen and oxygen atoms in total. The Hall–Kier alpha value is -2.01. The van der Waals surface area contributed by atoms with Gasteiger partial charge >= 0.3 is 0 Å². The van der Waals surface area contributed by atoms with Crippen LogP contribution < -0.4 is 15.0 Å². The van der Waals surface area contributed by atoms with E-state index in [4.69, 9.17) is 4.74 Å². The summed E-state index contributed by atoms with van der Waals surface area (Å²) in [7, 11) is 0. The number of hydrogen-bond donors (Lipinski definition) is 1. The van der Waals surface area contributed by atoms with Crippen molar-refractivity contribution in [3.63, 3.8) is 0 Å². The second-order valence-electron chi connectivity index (χ2n) is 5.22. The van der Waals surface area contributed by atoms with Gasteiger partial charge in [0.05, 0.1) is 6.61 Å². The molecule has 1 amide bonds. The summed E-state index contributed by atoms with van der Waals surface area (Å²) in [6.07, 6.45) is 0. The summed E-state index contributed by atoms with van der Waals surface area (Å²) in [5, 5.41) is 4.86. The molecule has 23 heavy (non-hydrogen) atoms. The molecule has 0 bridgehead atoms. The number of nitrogens with zero attached hydrogens (tertiary/aromatic N) is 1. The fraction of sp³-hybridized carbons (Fsp3) is 0.389. The second-order valence-corrected chi connectivity index (χ2v) is 6.14. The Balaban J connectivity index is 1.90. The minimum absolute atomic E-state index is 0.0660. The molecule has 5 heteroatoms. The van der Waals surface area contributed by atoms with Gasteiger partial charge in [-0.05, 0) is 49.9 Å². The van der Waals surface area contributed by atoms with Gasteiger partial charge in [0.1, 0.15) is 10.6 Å². The van der Waals surface area contributed by atoms with Gasteiger partial charge in [-0.2, -0.15) is 0 Å². The maximum Gasteiger partial charge on any atom is 0.265 e. The van der Waals surface area contributed by atoms with Crippen LogP contribution in [0.2, 0.25) is 0 Å². The number of rotatable bonds is 8. The molecule has 1 heterocycles. The lowest BCUT2D eigenvalue weighted by molar-refractivity contribution is 0.0955. The third kappa shape index (κ3) is 4.73. The van der Waals surface area contributed by atoms with E-state index in [-0.39, 0.29) is 5.91 Å². The van der Waals surface area contributed by atoms with Gasteiger partial charge in [0.2, 0.25) is 0 Å². The summed E-state index contributed by atoms with van der Waals surface area (Å²) in [5.41, 5.74) is 2.43. The van der Waals surface area contributed by atoms with Crippen LogP contribution in [0.4, 0.5) is 5.69 Å². The summed E-state index contributed by atoms with van der Waals surface area (Å²) in [5.74, 6) is 0.602. The number of carbonyl (C=O) groups excluding carboxylic acids is 1. The predicted octanol–water partition coefficient (Wildman–Crippen LogP) is 3.71. The van der Waals surface area contributed by atoms with Crippen LogP contribution in [-0.2, 0) is 0 Å². The lowest BCUT2D eigenvalue weighted by Gasteiger charge is -2.23. The smallest absolute Gasteiger partial charge is 0.265 e. The van der Waals surface area contributed by atoms with Crippen LogP contribution in [0.15, 0.2) is 35.7 Å². The van der Waals surface area contributed by atoms with E-state index in [2.05, 4.69) is 48.3 Å². The molecule has 0 saturated carbocycles. The highest BCUT2D eigenvalue weighted by atomic mass is 32.1. The maximum absolute atomic E-state index is 12.3. The number of carbonyl (C=O) groups is 1. The topological polar surface area (TPSA) is 41.6 Å². The first kappa shape index (κ1) is 17.3. The molecule has 0 fully saturated rings. The Morgan fingerprint density at radius 2 is 2.13 bits per heavy atom. The molecule has 124 valence electrons. The van der Waals surface area contributed by atoms with Crippen molar-refractivity contribution in [2.24, 2.45) is 0 Å². The summed E-state index contributed by atoms with van der Waals surface area (Å²) in [4.78, 5) is 15.2. The van der Waals surface area contributed by atoms with Gasteiger partial charge in [-0.25, -0.2) is 0 Å². The van der Waals surface area contributed by atoms with Gasteiger partial charge in [-0.1, -0.05) is 12.1 Å². The first-order chi connectivity index (χ1) is 11.2. The summed E-state index contributed by atoms with van der Waals surface area (Å²) >= 11 is 1.41. The molecule has 1 N–H and O–H groups in total. The molecular weight excluding hydrogens is 308 g/mol. The van der Waals surface area contributed by atoms with E-state index in [0.29, 0.717) is 23.8 Å². The number of anilines is 1. The number of ether oxygens (including phenoxy) is 1. The minimum atomic E-state index is -0.0660. The predicted molar refractivity (Wildman–Crippen MR) is 96.9 cm³/mol. The number of thiophene rings is 1. The highest BCUT2D eigenvalue weighted by Crippen LogP contribution is 2.24. The molecule has 0 radical (unpaired) electrons. The first-order valence-corrected chi connectivity index (χ1v) is 8.83. The summed E-state index contributed by atoms with van der Waals surface area (Å²) in [6, 6.07) is 10.3. The highest BCUT2D eigenvalue weighted by molar-refractivity contribution is 7.12. The lowest BCUT2D eigenvalue weighted by Crippen LogP contribution is -2.34. The Kier molecular flexibility index (Phi) is 6.47. The molecule has 1 aromatic carbocycles. The van der Waals surface area contributed by atoms with Crippen LogP contribution >= 0.6 is 11.3 Å². The molecular formula is C18H24N2O2S. The molecule has 2 rings (SSSR count). The molecule has 2 aromatic rings. The van der Waals surface area contributed by atoms with Crippen molar-refractivity contribution >= 4 is 22.9 Å². The normalized spacial score (nSPS) is 10.4. The number of likely N-dealkylation sites (N-methyl/N-ethyl adjacent to an activating group) is 1. The van der Waals surface area contributed by atoms with E-state index in [9.17, 15) is 4.79 Å². The van der Waals surface area contributed by atoms with E-state index in [1.165, 1.54) is 22.6 Å². The van der Waals surface area contributed by atoms with E-state index in [1.807, 2.05) is 18.4 Å². The maximum atomic E-state index is 12.3. The standard InChI is InChI=1S/C18H24N2O2S/c1-4-20(15-8-6-7-14(3)13-15)11-10-19-18(21)17-16(22-5-2)9-12-23-17/h6-9,12-13H,4-5,10-11H2,1-3H3,(H,19,21). The fourth-order valence-corrected chi connectivity index (χ4v) is 3.16. The summed E-state index contributed by atoms with van der Waals surface area (Å²) in [6.45, 7) is 8.98. The van der Waals surface area contributed by atoms with E-state index >= 15 is 0 Å². The Morgan fingerprint density at radius 3 is 2.83 bits per heavy atom. The number of benzene rings is 1. The Labute approximate surface area is 142 Å². The van der Waals surface area contributed by atoms with Crippen molar-refractivity contribution in [1.29, 1.82) is 0 Å². The van der Waals surface area contributed by atoms with Crippen molar-refractivity contribution < 1.29 is 9.53 Å². The van der Waals surface area contributed by atoms with Crippen molar-refractivity contribution in [1.82, 2.24) is 5.32 Å². The van der Waals surface area contributed by atoms with Crippen LogP contribution in [0.3, 0.4) is 0 Å². The van der Waals surface area contributed by atoms with E-state index in [0.717, 1.165) is 13.1 Å².